The molecule has 0 bridgehead atoms. The molecule has 0 fully saturated rings. The molecule has 0 spiro atoms. The van der Waals surface area contributed by atoms with Crippen LogP contribution in [0.15, 0.2) is 33.8 Å². The van der Waals surface area contributed by atoms with Crippen LogP contribution >= 0.6 is 15.9 Å². The van der Waals surface area contributed by atoms with Crippen molar-refractivity contribution in [2.75, 3.05) is 7.05 Å². The third-order valence-electron chi connectivity index (χ3n) is 2.22. The van der Waals surface area contributed by atoms with Crippen molar-refractivity contribution in [2.24, 2.45) is 5.10 Å². The highest BCUT2D eigenvalue weighted by molar-refractivity contribution is 9.10. The minimum absolute atomic E-state index is 0.0335. The van der Waals surface area contributed by atoms with E-state index in [4.69, 9.17) is 0 Å². The number of hydrazone groups is 1. The predicted molar refractivity (Wildman–Crippen MR) is 71.8 cm³/mol. The molecule has 6 heteroatoms. The lowest BCUT2D eigenvalue weighted by Gasteiger charge is -2.16. The van der Waals surface area contributed by atoms with E-state index in [-0.39, 0.29) is 5.69 Å². The van der Waals surface area contributed by atoms with Gasteiger partial charge >= 0.3 is 0 Å². The molecule has 0 saturated carbocycles. The molecule has 1 rings (SSSR count). The van der Waals surface area contributed by atoms with Gasteiger partial charge in [-0.15, -0.1) is 0 Å². The molecule has 90 valence electrons. The standard InChI is InChI=1S/C11H12BrN3O2/c1-4-11(14(3)13-2)8-5-9(12)7-10(6-8)15(16)17/h4-7H,2H2,1,3H3/b11-4-. The predicted octanol–water partition coefficient (Wildman–Crippen LogP) is 3.27. The quantitative estimate of drug-likeness (QED) is 0.487. The van der Waals surface area contributed by atoms with Crippen molar-refractivity contribution in [3.8, 4) is 0 Å². The molecule has 0 unspecified atom stereocenters. The van der Waals surface area contributed by atoms with Crippen LogP contribution in [0.1, 0.15) is 12.5 Å². The van der Waals surface area contributed by atoms with E-state index in [1.807, 2.05) is 13.0 Å². The third-order valence-corrected chi connectivity index (χ3v) is 2.68. The Bertz CT molecular complexity index is 486. The normalized spacial score (nSPS) is 11.1. The Morgan fingerprint density at radius 3 is 2.71 bits per heavy atom. The Morgan fingerprint density at radius 1 is 1.59 bits per heavy atom. The molecule has 0 heterocycles. The van der Waals surface area contributed by atoms with Crippen LogP contribution in [0.5, 0.6) is 0 Å². The highest BCUT2D eigenvalue weighted by atomic mass is 79.9. The summed E-state index contributed by atoms with van der Waals surface area (Å²) < 4.78 is 0.651. The summed E-state index contributed by atoms with van der Waals surface area (Å²) in [5.74, 6) is 0. The monoisotopic (exact) mass is 297 g/mol. The van der Waals surface area contributed by atoms with Gasteiger partial charge in [0.2, 0.25) is 0 Å². The molecule has 1 aromatic carbocycles. The van der Waals surface area contributed by atoms with Crippen molar-refractivity contribution in [2.45, 2.75) is 6.92 Å². The minimum atomic E-state index is -0.428. The van der Waals surface area contributed by atoms with E-state index >= 15 is 0 Å². The molecule has 0 saturated heterocycles. The number of hydrogen-bond acceptors (Lipinski definition) is 4. The van der Waals surface area contributed by atoms with Gasteiger partial charge in [-0.25, -0.2) is 0 Å². The van der Waals surface area contributed by atoms with Crippen molar-refractivity contribution in [1.29, 1.82) is 0 Å². The minimum Gasteiger partial charge on any atom is -0.269 e. The fourth-order valence-corrected chi connectivity index (χ4v) is 1.93. The van der Waals surface area contributed by atoms with E-state index in [2.05, 4.69) is 27.7 Å². The summed E-state index contributed by atoms with van der Waals surface area (Å²) in [5, 5.41) is 16.1. The average molecular weight is 298 g/mol. The zero-order valence-electron chi connectivity index (χ0n) is 9.55. The summed E-state index contributed by atoms with van der Waals surface area (Å²) in [5.41, 5.74) is 1.50. The van der Waals surface area contributed by atoms with Crippen molar-refractivity contribution < 1.29 is 4.92 Å². The van der Waals surface area contributed by atoms with Crippen LogP contribution in [0.2, 0.25) is 0 Å². The summed E-state index contributed by atoms with van der Waals surface area (Å²) >= 11 is 3.25. The van der Waals surface area contributed by atoms with Crippen molar-refractivity contribution in [3.05, 3.63) is 44.4 Å². The number of nitro groups is 1. The topological polar surface area (TPSA) is 58.7 Å². The van der Waals surface area contributed by atoms with Crippen molar-refractivity contribution >= 4 is 34.0 Å². The maximum atomic E-state index is 10.8. The molecule has 17 heavy (non-hydrogen) atoms. The Balaban J connectivity index is 3.30. The Labute approximate surface area is 108 Å². The van der Waals surface area contributed by atoms with Gasteiger partial charge in [0.1, 0.15) is 0 Å². The van der Waals surface area contributed by atoms with Crippen molar-refractivity contribution in [1.82, 2.24) is 5.01 Å². The van der Waals surface area contributed by atoms with E-state index in [1.54, 1.807) is 18.1 Å². The number of benzene rings is 1. The third kappa shape index (κ3) is 3.13. The second kappa shape index (κ2) is 5.58. The number of non-ortho nitro benzene ring substituents is 1. The molecule has 0 amide bonds. The summed E-state index contributed by atoms with van der Waals surface area (Å²) in [4.78, 5) is 10.3. The smallest absolute Gasteiger partial charge is 0.269 e. The molecule has 0 aliphatic heterocycles. The van der Waals surface area contributed by atoms with E-state index in [0.717, 1.165) is 5.70 Å². The van der Waals surface area contributed by atoms with E-state index in [0.29, 0.717) is 10.0 Å². The fourth-order valence-electron chi connectivity index (χ4n) is 1.44. The van der Waals surface area contributed by atoms with Crippen LogP contribution in [-0.2, 0) is 0 Å². The lowest BCUT2D eigenvalue weighted by molar-refractivity contribution is -0.385. The van der Waals surface area contributed by atoms with E-state index in [9.17, 15) is 10.1 Å². The number of hydrogen-bond donors (Lipinski definition) is 0. The second-order valence-corrected chi connectivity index (χ2v) is 4.21. The highest BCUT2D eigenvalue weighted by Gasteiger charge is 2.13. The Hall–Kier alpha value is -1.69. The second-order valence-electron chi connectivity index (χ2n) is 3.29. The van der Waals surface area contributed by atoms with Gasteiger partial charge in [-0.1, -0.05) is 22.0 Å². The van der Waals surface area contributed by atoms with Crippen LogP contribution in [0.25, 0.3) is 5.70 Å². The van der Waals surface area contributed by atoms with E-state index < -0.39 is 4.92 Å². The Morgan fingerprint density at radius 2 is 2.24 bits per heavy atom. The summed E-state index contributed by atoms with van der Waals surface area (Å²) in [6, 6.07) is 4.75. The van der Waals surface area contributed by atoms with Crippen LogP contribution in [0.4, 0.5) is 5.69 Å². The van der Waals surface area contributed by atoms with E-state index in [1.165, 1.54) is 12.1 Å². The molecular formula is C11H12BrN3O2. The van der Waals surface area contributed by atoms with Crippen molar-refractivity contribution in [3.63, 3.8) is 0 Å². The summed E-state index contributed by atoms with van der Waals surface area (Å²) in [7, 11) is 1.73. The molecule has 0 aliphatic rings. The van der Waals surface area contributed by atoms with Gasteiger partial charge in [-0.05, 0) is 13.0 Å². The molecular weight excluding hydrogens is 286 g/mol. The lowest BCUT2D eigenvalue weighted by atomic mass is 10.1. The van der Waals surface area contributed by atoms with Gasteiger partial charge in [-0.2, -0.15) is 5.10 Å². The average Bonchev–Trinajstić information content (AvgIpc) is 2.28. The lowest BCUT2D eigenvalue weighted by Crippen LogP contribution is -2.08. The van der Waals surface area contributed by atoms with Crippen LogP contribution in [0, 0.1) is 10.1 Å². The first-order chi connectivity index (χ1) is 7.99. The van der Waals surface area contributed by atoms with Gasteiger partial charge in [0.05, 0.1) is 10.6 Å². The van der Waals surface area contributed by atoms with Gasteiger partial charge in [-0.3, -0.25) is 15.1 Å². The molecule has 0 radical (unpaired) electrons. The SMILES string of the molecule is C=NN(C)/C(=C\C)c1cc(Br)cc([N+](=O)[O-])c1. The number of rotatable bonds is 4. The maximum absolute atomic E-state index is 10.8. The first kappa shape index (κ1) is 13.4. The van der Waals surface area contributed by atoms with Gasteiger partial charge in [0.25, 0.3) is 5.69 Å². The van der Waals surface area contributed by atoms with Gasteiger partial charge < -0.3 is 0 Å². The number of nitrogens with zero attached hydrogens (tertiary/aromatic N) is 3. The molecule has 1 aromatic rings. The fraction of sp³-hybridized carbons (Fsp3) is 0.182. The zero-order valence-corrected chi connectivity index (χ0v) is 11.1. The summed E-state index contributed by atoms with van der Waals surface area (Å²) in [6.45, 7) is 5.26. The first-order valence-electron chi connectivity index (χ1n) is 4.81. The number of halogens is 1. The summed E-state index contributed by atoms with van der Waals surface area (Å²) in [6.07, 6.45) is 1.82. The number of nitro benzene ring substituents is 1. The van der Waals surface area contributed by atoms with Crippen LogP contribution < -0.4 is 0 Å². The van der Waals surface area contributed by atoms with Gasteiger partial charge in [0.15, 0.2) is 0 Å². The maximum Gasteiger partial charge on any atom is 0.271 e. The molecule has 0 aliphatic carbocycles. The molecule has 0 aromatic heterocycles. The molecule has 0 atom stereocenters. The van der Waals surface area contributed by atoms with Gasteiger partial charge in [0, 0.05) is 35.9 Å². The first-order valence-corrected chi connectivity index (χ1v) is 5.61. The Kier molecular flexibility index (Phi) is 4.39. The zero-order chi connectivity index (χ0) is 13.0. The number of allylic oxidation sites excluding steroid dienone is 1. The van der Waals surface area contributed by atoms with Crippen LogP contribution in [0.3, 0.4) is 0 Å². The molecule has 0 N–H and O–H groups in total. The van der Waals surface area contributed by atoms with Crippen LogP contribution in [-0.4, -0.2) is 23.7 Å². The molecule has 5 nitrogen and oxygen atoms in total. The largest absolute Gasteiger partial charge is 0.271 e. The highest BCUT2D eigenvalue weighted by Crippen LogP contribution is 2.27.